The maximum absolute atomic E-state index is 14.2. The maximum atomic E-state index is 14.2. The minimum atomic E-state index is -4.15. The summed E-state index contributed by atoms with van der Waals surface area (Å²) in [5.74, 6) is 0.569. The minimum absolute atomic E-state index is 0.0535. The topological polar surface area (TPSA) is 105 Å². The molecule has 2 amide bonds. The van der Waals surface area contributed by atoms with Crippen LogP contribution in [0.2, 0.25) is 0 Å². The van der Waals surface area contributed by atoms with Crippen LogP contribution in [0.1, 0.15) is 38.3 Å². The van der Waals surface area contributed by atoms with E-state index in [0.717, 1.165) is 15.4 Å². The molecule has 3 aromatic rings. The van der Waals surface area contributed by atoms with Crippen LogP contribution in [0.5, 0.6) is 11.5 Å². The van der Waals surface area contributed by atoms with Gasteiger partial charge in [-0.2, -0.15) is 0 Å². The highest BCUT2D eigenvalue weighted by atomic mass is 32.2. The van der Waals surface area contributed by atoms with Crippen LogP contribution in [0.3, 0.4) is 0 Å². The van der Waals surface area contributed by atoms with Crippen molar-refractivity contribution in [2.24, 2.45) is 5.92 Å². The van der Waals surface area contributed by atoms with Gasteiger partial charge >= 0.3 is 0 Å². The lowest BCUT2D eigenvalue weighted by Crippen LogP contribution is -2.52. The molecule has 3 aromatic carbocycles. The molecule has 0 radical (unpaired) electrons. The normalized spacial score (nSPS) is 12.0. The highest BCUT2D eigenvalue weighted by Gasteiger charge is 2.33. The number of ether oxygens (including phenoxy) is 2. The first-order valence-electron chi connectivity index (χ1n) is 13.9. The zero-order valence-electron chi connectivity index (χ0n) is 25.2. The van der Waals surface area contributed by atoms with Gasteiger partial charge in [0.25, 0.3) is 10.0 Å². The molecular weight excluding hydrogens is 554 g/mol. The number of hydrogen-bond acceptors (Lipinski definition) is 6. The van der Waals surface area contributed by atoms with Crippen LogP contribution in [0.15, 0.2) is 77.7 Å². The highest BCUT2D eigenvalue weighted by molar-refractivity contribution is 7.92. The van der Waals surface area contributed by atoms with Gasteiger partial charge in [-0.15, -0.1) is 0 Å². The Hall–Kier alpha value is -4.05. The first-order valence-corrected chi connectivity index (χ1v) is 15.4. The summed E-state index contributed by atoms with van der Waals surface area (Å²) in [6, 6.07) is 19.3. The molecule has 0 aliphatic heterocycles. The van der Waals surface area contributed by atoms with Crippen molar-refractivity contribution in [2.45, 2.75) is 51.6 Å². The summed E-state index contributed by atoms with van der Waals surface area (Å²) in [7, 11) is -1.08. The molecule has 1 N–H and O–H groups in total. The Morgan fingerprint density at radius 1 is 0.905 bits per heavy atom. The Labute approximate surface area is 249 Å². The van der Waals surface area contributed by atoms with E-state index in [0.29, 0.717) is 30.2 Å². The Balaban J connectivity index is 2.06. The lowest BCUT2D eigenvalue weighted by atomic mass is 10.1. The van der Waals surface area contributed by atoms with Crippen molar-refractivity contribution in [1.82, 2.24) is 10.2 Å². The van der Waals surface area contributed by atoms with Gasteiger partial charge < -0.3 is 19.7 Å². The van der Waals surface area contributed by atoms with Crippen molar-refractivity contribution in [3.05, 3.63) is 83.9 Å². The molecule has 0 bridgehead atoms. The maximum Gasteiger partial charge on any atom is 0.264 e. The van der Waals surface area contributed by atoms with E-state index in [2.05, 4.69) is 5.32 Å². The van der Waals surface area contributed by atoms with E-state index in [1.807, 2.05) is 39.8 Å². The summed E-state index contributed by atoms with van der Waals surface area (Å²) >= 11 is 0. The van der Waals surface area contributed by atoms with Gasteiger partial charge in [-0.1, -0.05) is 50.6 Å². The summed E-state index contributed by atoms with van der Waals surface area (Å²) in [5.41, 5.74) is 1.95. The van der Waals surface area contributed by atoms with Crippen molar-refractivity contribution in [2.75, 3.05) is 31.6 Å². The van der Waals surface area contributed by atoms with Crippen LogP contribution in [0.25, 0.3) is 0 Å². The lowest BCUT2D eigenvalue weighted by molar-refractivity contribution is -0.140. The van der Waals surface area contributed by atoms with Crippen molar-refractivity contribution >= 4 is 27.5 Å². The van der Waals surface area contributed by atoms with Crippen LogP contribution in [-0.2, 0) is 26.2 Å². The number of carbonyl (C=O) groups excluding carboxylic acids is 2. The Kier molecular flexibility index (Phi) is 11.4. The summed E-state index contributed by atoms with van der Waals surface area (Å²) in [5, 5.41) is 2.93. The predicted molar refractivity (Wildman–Crippen MR) is 164 cm³/mol. The molecule has 0 saturated heterocycles. The molecule has 0 aliphatic carbocycles. The van der Waals surface area contributed by atoms with E-state index in [9.17, 15) is 18.0 Å². The molecule has 0 fully saturated rings. The molecule has 0 spiro atoms. The van der Waals surface area contributed by atoms with Crippen LogP contribution in [-0.4, -0.2) is 58.5 Å². The Morgan fingerprint density at radius 2 is 1.55 bits per heavy atom. The SMILES string of the molecule is CC[C@H](C(=O)NCC(C)C)N(Cc1cccc(OC)c1)C(=O)CN(c1ccc(OC)cc1)S(=O)(=O)c1ccc(C)cc1. The molecule has 0 unspecified atom stereocenters. The third-order valence-electron chi connectivity index (χ3n) is 6.81. The number of nitrogens with zero attached hydrogens (tertiary/aromatic N) is 2. The average molecular weight is 596 g/mol. The molecule has 0 aliphatic rings. The van der Waals surface area contributed by atoms with Gasteiger partial charge in [-0.3, -0.25) is 13.9 Å². The van der Waals surface area contributed by atoms with E-state index in [-0.39, 0.29) is 23.3 Å². The van der Waals surface area contributed by atoms with Crippen molar-refractivity contribution < 1.29 is 27.5 Å². The van der Waals surface area contributed by atoms with Gasteiger partial charge in [0, 0.05) is 13.1 Å². The number of nitrogens with one attached hydrogen (secondary N) is 1. The molecular formula is C32H41N3O6S. The quantitative estimate of drug-likeness (QED) is 0.288. The first kappa shape index (κ1) is 32.5. The highest BCUT2D eigenvalue weighted by Crippen LogP contribution is 2.27. The number of sulfonamides is 1. The second-order valence-electron chi connectivity index (χ2n) is 10.5. The summed E-state index contributed by atoms with van der Waals surface area (Å²) < 4.78 is 39.6. The largest absolute Gasteiger partial charge is 0.497 e. The molecule has 9 nitrogen and oxygen atoms in total. The van der Waals surface area contributed by atoms with Gasteiger partial charge in [-0.05, 0) is 73.4 Å². The zero-order valence-corrected chi connectivity index (χ0v) is 26.0. The van der Waals surface area contributed by atoms with Gasteiger partial charge in [0.15, 0.2) is 0 Å². The van der Waals surface area contributed by atoms with Crippen LogP contribution in [0, 0.1) is 12.8 Å². The molecule has 42 heavy (non-hydrogen) atoms. The fraction of sp³-hybridized carbons (Fsp3) is 0.375. The number of rotatable bonds is 14. The third kappa shape index (κ3) is 8.25. The summed E-state index contributed by atoms with van der Waals surface area (Å²) in [6.07, 6.45) is 0.340. The Bertz CT molecular complexity index is 1440. The van der Waals surface area contributed by atoms with Gasteiger partial charge in [0.1, 0.15) is 24.1 Å². The number of carbonyl (C=O) groups is 2. The van der Waals surface area contributed by atoms with Crippen LogP contribution in [0.4, 0.5) is 5.69 Å². The summed E-state index contributed by atoms with van der Waals surface area (Å²) in [6.45, 7) is 7.70. The fourth-order valence-electron chi connectivity index (χ4n) is 4.42. The number of methoxy groups -OCH3 is 2. The van der Waals surface area contributed by atoms with Gasteiger partial charge in [-0.25, -0.2) is 8.42 Å². The number of hydrogen-bond donors (Lipinski definition) is 1. The molecule has 3 rings (SSSR count). The lowest BCUT2D eigenvalue weighted by Gasteiger charge is -2.33. The average Bonchev–Trinajstić information content (AvgIpc) is 2.98. The monoisotopic (exact) mass is 595 g/mol. The molecule has 1 atom stereocenters. The number of amides is 2. The van der Waals surface area contributed by atoms with Crippen molar-refractivity contribution in [1.29, 1.82) is 0 Å². The smallest absolute Gasteiger partial charge is 0.264 e. The van der Waals surface area contributed by atoms with Crippen molar-refractivity contribution in [3.63, 3.8) is 0 Å². The van der Waals surface area contributed by atoms with E-state index in [1.54, 1.807) is 55.6 Å². The number of anilines is 1. The standard InChI is InChI=1S/C32H41N3O6S/c1-7-30(32(37)33-20-23(2)3)34(21-25-9-8-10-28(19-25)41-6)31(36)22-35(26-13-15-27(40-5)16-14-26)42(38,39)29-17-11-24(4)12-18-29/h8-19,23,30H,7,20-22H2,1-6H3,(H,33,37)/t30-/m1/s1. The second kappa shape index (κ2) is 14.7. The minimum Gasteiger partial charge on any atom is -0.497 e. The van der Waals surface area contributed by atoms with Crippen LogP contribution >= 0.6 is 0 Å². The molecule has 10 heteroatoms. The second-order valence-corrected chi connectivity index (χ2v) is 12.3. The first-order chi connectivity index (χ1) is 20.0. The van der Waals surface area contributed by atoms with Crippen LogP contribution < -0.4 is 19.1 Å². The van der Waals surface area contributed by atoms with E-state index < -0.39 is 28.5 Å². The number of benzene rings is 3. The van der Waals surface area contributed by atoms with Gasteiger partial charge in [0.05, 0.1) is 24.8 Å². The van der Waals surface area contributed by atoms with Gasteiger partial charge in [0.2, 0.25) is 11.8 Å². The third-order valence-corrected chi connectivity index (χ3v) is 8.59. The van der Waals surface area contributed by atoms with E-state index in [1.165, 1.54) is 24.1 Å². The van der Waals surface area contributed by atoms with E-state index >= 15 is 0 Å². The molecule has 0 aromatic heterocycles. The van der Waals surface area contributed by atoms with E-state index in [4.69, 9.17) is 9.47 Å². The molecule has 0 saturated carbocycles. The summed E-state index contributed by atoms with van der Waals surface area (Å²) in [4.78, 5) is 29.0. The fourth-order valence-corrected chi connectivity index (χ4v) is 5.84. The van der Waals surface area contributed by atoms with Crippen molar-refractivity contribution in [3.8, 4) is 11.5 Å². The molecule has 226 valence electrons. The Morgan fingerprint density at radius 3 is 2.12 bits per heavy atom. The molecule has 0 heterocycles. The predicted octanol–water partition coefficient (Wildman–Crippen LogP) is 4.79. The number of aryl methyl sites for hydroxylation is 1. The zero-order chi connectivity index (χ0) is 30.9.